The SMILES string of the molecule is COc1cc2c(cc1OC)C1Cc3ccc(OC)c(OC)c3CN1[C@H](C)C2. The molecule has 144 valence electrons. The predicted molar refractivity (Wildman–Crippen MR) is 104 cm³/mol. The third-order valence-corrected chi connectivity index (χ3v) is 5.99. The molecule has 0 fully saturated rings. The molecule has 0 spiro atoms. The molecule has 0 saturated carbocycles. The Morgan fingerprint density at radius 3 is 2.19 bits per heavy atom. The van der Waals surface area contributed by atoms with Crippen LogP contribution in [0.4, 0.5) is 0 Å². The second-order valence-electron chi connectivity index (χ2n) is 7.29. The van der Waals surface area contributed by atoms with Gasteiger partial charge in [0.05, 0.1) is 28.4 Å². The van der Waals surface area contributed by atoms with Crippen molar-refractivity contribution in [2.75, 3.05) is 28.4 Å². The summed E-state index contributed by atoms with van der Waals surface area (Å²) < 4.78 is 22.3. The number of hydrogen-bond donors (Lipinski definition) is 0. The van der Waals surface area contributed by atoms with E-state index in [1.54, 1.807) is 28.4 Å². The molecule has 1 unspecified atom stereocenters. The summed E-state index contributed by atoms with van der Waals surface area (Å²) in [6, 6.07) is 9.25. The van der Waals surface area contributed by atoms with Gasteiger partial charge < -0.3 is 18.9 Å². The highest BCUT2D eigenvalue weighted by molar-refractivity contribution is 5.55. The van der Waals surface area contributed by atoms with Crippen LogP contribution in [0.2, 0.25) is 0 Å². The molecule has 2 aromatic carbocycles. The Balaban J connectivity index is 1.81. The first-order valence-electron chi connectivity index (χ1n) is 9.34. The lowest BCUT2D eigenvalue weighted by molar-refractivity contribution is 0.104. The Labute approximate surface area is 160 Å². The molecule has 0 aliphatic carbocycles. The molecule has 2 aliphatic heterocycles. The second kappa shape index (κ2) is 6.97. The second-order valence-corrected chi connectivity index (χ2v) is 7.29. The van der Waals surface area contributed by atoms with Crippen molar-refractivity contribution >= 4 is 0 Å². The van der Waals surface area contributed by atoms with Gasteiger partial charge in [0.2, 0.25) is 0 Å². The van der Waals surface area contributed by atoms with Crippen LogP contribution in [0, 0.1) is 0 Å². The van der Waals surface area contributed by atoms with Crippen LogP contribution in [0.25, 0.3) is 0 Å². The minimum atomic E-state index is 0.328. The van der Waals surface area contributed by atoms with Gasteiger partial charge in [-0.3, -0.25) is 4.90 Å². The number of hydrogen-bond acceptors (Lipinski definition) is 5. The van der Waals surface area contributed by atoms with E-state index in [1.165, 1.54) is 22.3 Å². The van der Waals surface area contributed by atoms with Crippen molar-refractivity contribution in [3.63, 3.8) is 0 Å². The summed E-state index contributed by atoms with van der Waals surface area (Å²) in [6.07, 6.45) is 1.94. The molecule has 0 N–H and O–H groups in total. The van der Waals surface area contributed by atoms with E-state index in [4.69, 9.17) is 18.9 Å². The monoisotopic (exact) mass is 369 g/mol. The van der Waals surface area contributed by atoms with Gasteiger partial charge >= 0.3 is 0 Å². The van der Waals surface area contributed by atoms with Gasteiger partial charge in [-0.1, -0.05) is 6.07 Å². The smallest absolute Gasteiger partial charge is 0.165 e. The highest BCUT2D eigenvalue weighted by Gasteiger charge is 2.38. The van der Waals surface area contributed by atoms with Crippen molar-refractivity contribution in [1.82, 2.24) is 4.90 Å². The van der Waals surface area contributed by atoms with Gasteiger partial charge in [0.1, 0.15) is 0 Å². The van der Waals surface area contributed by atoms with Gasteiger partial charge in [-0.2, -0.15) is 0 Å². The standard InChI is InChI=1S/C22H27NO4/c1-13-8-15-10-20(25-3)21(26-4)11-16(15)18-9-14-6-7-19(24-2)22(27-5)17(14)12-23(13)18/h6-7,10-11,13,18H,8-9,12H2,1-5H3/t13-,18?/m1/s1. The van der Waals surface area contributed by atoms with Crippen molar-refractivity contribution in [2.45, 2.75) is 38.4 Å². The van der Waals surface area contributed by atoms with Crippen LogP contribution >= 0.6 is 0 Å². The van der Waals surface area contributed by atoms with Gasteiger partial charge in [-0.15, -0.1) is 0 Å². The third-order valence-electron chi connectivity index (χ3n) is 5.99. The molecule has 0 aromatic heterocycles. The summed E-state index contributed by atoms with van der Waals surface area (Å²) in [5.41, 5.74) is 5.25. The Kier molecular flexibility index (Phi) is 4.64. The molecule has 0 amide bonds. The van der Waals surface area contributed by atoms with E-state index in [1.807, 2.05) is 6.07 Å². The summed E-state index contributed by atoms with van der Waals surface area (Å²) in [5.74, 6) is 3.26. The highest BCUT2D eigenvalue weighted by Crippen LogP contribution is 2.47. The maximum absolute atomic E-state index is 5.70. The van der Waals surface area contributed by atoms with Crippen LogP contribution in [-0.2, 0) is 19.4 Å². The van der Waals surface area contributed by atoms with Gasteiger partial charge in [0.15, 0.2) is 23.0 Å². The summed E-state index contributed by atoms with van der Waals surface area (Å²) >= 11 is 0. The van der Waals surface area contributed by atoms with Crippen LogP contribution in [0.1, 0.15) is 35.2 Å². The van der Waals surface area contributed by atoms with Crippen molar-refractivity contribution < 1.29 is 18.9 Å². The van der Waals surface area contributed by atoms with E-state index < -0.39 is 0 Å². The zero-order chi connectivity index (χ0) is 19.1. The number of fused-ring (bicyclic) bond motifs is 4. The van der Waals surface area contributed by atoms with E-state index in [9.17, 15) is 0 Å². The molecule has 2 aliphatic rings. The number of benzene rings is 2. The van der Waals surface area contributed by atoms with Crippen molar-refractivity contribution in [3.05, 3.63) is 46.5 Å². The maximum atomic E-state index is 5.70. The lowest BCUT2D eigenvalue weighted by Gasteiger charge is -2.45. The van der Waals surface area contributed by atoms with Crippen LogP contribution in [0.5, 0.6) is 23.0 Å². The maximum Gasteiger partial charge on any atom is 0.165 e. The Hall–Kier alpha value is -2.40. The fourth-order valence-corrected chi connectivity index (χ4v) is 4.63. The quantitative estimate of drug-likeness (QED) is 0.821. The number of nitrogens with zero attached hydrogens (tertiary/aromatic N) is 1. The first-order valence-corrected chi connectivity index (χ1v) is 9.34. The molecule has 0 saturated heterocycles. The fourth-order valence-electron chi connectivity index (χ4n) is 4.63. The van der Waals surface area contributed by atoms with Crippen LogP contribution in [-0.4, -0.2) is 39.4 Å². The first-order chi connectivity index (χ1) is 13.1. The summed E-state index contributed by atoms with van der Waals surface area (Å²) in [7, 11) is 6.80. The first kappa shape index (κ1) is 18.0. The molecule has 0 radical (unpaired) electrons. The van der Waals surface area contributed by atoms with Crippen molar-refractivity contribution in [2.24, 2.45) is 0 Å². The molecule has 5 heteroatoms. The fraction of sp³-hybridized carbons (Fsp3) is 0.455. The van der Waals surface area contributed by atoms with Crippen molar-refractivity contribution in [1.29, 1.82) is 0 Å². The van der Waals surface area contributed by atoms with Gasteiger partial charge in [-0.25, -0.2) is 0 Å². The minimum Gasteiger partial charge on any atom is -0.493 e. The minimum absolute atomic E-state index is 0.328. The summed E-state index contributed by atoms with van der Waals surface area (Å²) in [4.78, 5) is 2.57. The summed E-state index contributed by atoms with van der Waals surface area (Å²) in [6.45, 7) is 3.15. The number of ether oxygens (including phenoxy) is 4. The van der Waals surface area contributed by atoms with E-state index in [2.05, 4.69) is 30.0 Å². The molecule has 2 atom stereocenters. The zero-order valence-corrected chi connectivity index (χ0v) is 16.7. The van der Waals surface area contributed by atoms with Crippen LogP contribution < -0.4 is 18.9 Å². The van der Waals surface area contributed by atoms with Gasteiger partial charge in [0.25, 0.3) is 0 Å². The lowest BCUT2D eigenvalue weighted by Crippen LogP contribution is -2.45. The average molecular weight is 369 g/mol. The van der Waals surface area contributed by atoms with Crippen LogP contribution in [0.15, 0.2) is 24.3 Å². The highest BCUT2D eigenvalue weighted by atomic mass is 16.5. The van der Waals surface area contributed by atoms with E-state index >= 15 is 0 Å². The molecule has 2 aromatic rings. The predicted octanol–water partition coefficient (Wildman–Crippen LogP) is 3.77. The van der Waals surface area contributed by atoms with E-state index in [-0.39, 0.29) is 0 Å². The van der Waals surface area contributed by atoms with Crippen LogP contribution in [0.3, 0.4) is 0 Å². The Morgan fingerprint density at radius 1 is 0.815 bits per heavy atom. The van der Waals surface area contributed by atoms with Gasteiger partial charge in [-0.05, 0) is 54.7 Å². The van der Waals surface area contributed by atoms with E-state index in [0.29, 0.717) is 12.1 Å². The lowest BCUT2D eigenvalue weighted by atomic mass is 9.81. The Morgan fingerprint density at radius 2 is 1.52 bits per heavy atom. The molecule has 27 heavy (non-hydrogen) atoms. The zero-order valence-electron chi connectivity index (χ0n) is 16.7. The molecule has 4 rings (SSSR count). The Bertz CT molecular complexity index is 864. The number of rotatable bonds is 4. The molecule has 5 nitrogen and oxygen atoms in total. The average Bonchev–Trinajstić information content (AvgIpc) is 2.70. The normalized spacial score (nSPS) is 20.9. The van der Waals surface area contributed by atoms with Gasteiger partial charge in [0, 0.05) is 24.2 Å². The topological polar surface area (TPSA) is 40.2 Å². The molecule has 0 bridgehead atoms. The number of methoxy groups -OCH3 is 4. The molecular weight excluding hydrogens is 342 g/mol. The summed E-state index contributed by atoms with van der Waals surface area (Å²) in [5, 5.41) is 0. The molecule has 2 heterocycles. The van der Waals surface area contributed by atoms with Crippen molar-refractivity contribution in [3.8, 4) is 23.0 Å². The third kappa shape index (κ3) is 2.81. The molecular formula is C22H27NO4. The largest absolute Gasteiger partial charge is 0.493 e. The van der Waals surface area contributed by atoms with E-state index in [0.717, 1.165) is 42.4 Å².